The van der Waals surface area contributed by atoms with E-state index < -0.39 is 5.97 Å². The lowest BCUT2D eigenvalue weighted by Crippen LogP contribution is -2.14. The predicted octanol–water partition coefficient (Wildman–Crippen LogP) is 4.41. The first-order valence-corrected chi connectivity index (χ1v) is 8.18. The molecule has 0 aliphatic carbocycles. The topological polar surface area (TPSA) is 41.9 Å². The summed E-state index contributed by atoms with van der Waals surface area (Å²) in [5.74, 6) is -0.772. The largest absolute Gasteiger partial charge is 0.457 e. The number of aliphatic imine (C=N–C) groups is 1. The molecule has 0 N–H and O–H groups in total. The van der Waals surface area contributed by atoms with Gasteiger partial charge in [-0.3, -0.25) is 0 Å². The van der Waals surface area contributed by atoms with Crippen molar-refractivity contribution in [3.8, 4) is 0 Å². The van der Waals surface area contributed by atoms with Crippen molar-refractivity contribution in [2.24, 2.45) is 4.99 Å². The molecular formula is C20H23FN2O2. The molecule has 0 aliphatic rings. The van der Waals surface area contributed by atoms with Crippen LogP contribution in [0.25, 0.3) is 0 Å². The van der Waals surface area contributed by atoms with Crippen LogP contribution in [-0.2, 0) is 11.3 Å². The minimum Gasteiger partial charge on any atom is -0.457 e. The molecule has 0 saturated carbocycles. The third-order valence-electron chi connectivity index (χ3n) is 3.91. The molecule has 2 aromatic rings. The normalized spacial score (nSPS) is 10.9. The standard InChI is InChI=1S/C20H23FN2O2/c1-5-23(4)13-22-19-10-14(2)18(9-15(19)3)20(24)25-12-16-7-6-8-17(21)11-16/h6-11,13H,5,12H2,1-4H3/b22-13+. The molecule has 0 aromatic heterocycles. The fraction of sp³-hybridized carbons (Fsp3) is 0.300. The van der Waals surface area contributed by atoms with Crippen LogP contribution in [0.2, 0.25) is 0 Å². The van der Waals surface area contributed by atoms with Gasteiger partial charge in [-0.15, -0.1) is 0 Å². The number of aryl methyl sites for hydroxylation is 2. The van der Waals surface area contributed by atoms with Crippen LogP contribution in [0.1, 0.15) is 34.0 Å². The zero-order valence-electron chi connectivity index (χ0n) is 15.0. The van der Waals surface area contributed by atoms with Gasteiger partial charge in [-0.1, -0.05) is 12.1 Å². The molecule has 2 rings (SSSR count). The Labute approximate surface area is 148 Å². The van der Waals surface area contributed by atoms with Gasteiger partial charge in [0.1, 0.15) is 12.4 Å². The Morgan fingerprint density at radius 2 is 2.00 bits per heavy atom. The number of carbonyl (C=O) groups excluding carboxylic acids is 1. The fourth-order valence-corrected chi connectivity index (χ4v) is 2.26. The van der Waals surface area contributed by atoms with Crippen LogP contribution in [0.5, 0.6) is 0 Å². The summed E-state index contributed by atoms with van der Waals surface area (Å²) in [6.07, 6.45) is 1.77. The highest BCUT2D eigenvalue weighted by Gasteiger charge is 2.13. The number of ether oxygens (including phenoxy) is 1. The summed E-state index contributed by atoms with van der Waals surface area (Å²) in [4.78, 5) is 18.8. The van der Waals surface area contributed by atoms with E-state index in [0.717, 1.165) is 23.4 Å². The quantitative estimate of drug-likeness (QED) is 0.443. The number of carbonyl (C=O) groups is 1. The maximum Gasteiger partial charge on any atom is 0.338 e. The van der Waals surface area contributed by atoms with Gasteiger partial charge < -0.3 is 9.64 Å². The molecule has 0 heterocycles. The summed E-state index contributed by atoms with van der Waals surface area (Å²) in [7, 11) is 1.95. The van der Waals surface area contributed by atoms with Crippen LogP contribution < -0.4 is 0 Å². The zero-order valence-corrected chi connectivity index (χ0v) is 15.0. The number of halogens is 1. The highest BCUT2D eigenvalue weighted by Crippen LogP contribution is 2.24. The molecule has 132 valence electrons. The second-order valence-corrected chi connectivity index (χ2v) is 5.98. The molecule has 25 heavy (non-hydrogen) atoms. The van der Waals surface area contributed by atoms with Crippen molar-refractivity contribution < 1.29 is 13.9 Å². The summed E-state index contributed by atoms with van der Waals surface area (Å²) in [6, 6.07) is 9.67. The first kappa shape index (κ1) is 18.6. The number of esters is 1. The van der Waals surface area contributed by atoms with Gasteiger partial charge in [0.15, 0.2) is 0 Å². The molecular weight excluding hydrogens is 319 g/mol. The predicted molar refractivity (Wildman–Crippen MR) is 97.9 cm³/mol. The van der Waals surface area contributed by atoms with Crippen LogP contribution >= 0.6 is 0 Å². The monoisotopic (exact) mass is 342 g/mol. The molecule has 5 heteroatoms. The second kappa shape index (κ2) is 8.42. The lowest BCUT2D eigenvalue weighted by atomic mass is 10.0. The molecule has 0 spiro atoms. The summed E-state index contributed by atoms with van der Waals surface area (Å²) in [6.45, 7) is 6.70. The third kappa shape index (κ3) is 5.14. The Hall–Kier alpha value is -2.69. The molecule has 4 nitrogen and oxygen atoms in total. The first-order valence-electron chi connectivity index (χ1n) is 8.18. The van der Waals surface area contributed by atoms with E-state index in [0.29, 0.717) is 11.1 Å². The van der Waals surface area contributed by atoms with Crippen molar-refractivity contribution in [2.45, 2.75) is 27.4 Å². The van der Waals surface area contributed by atoms with E-state index in [2.05, 4.69) is 4.99 Å². The van der Waals surface area contributed by atoms with Gasteiger partial charge in [0.05, 0.1) is 17.6 Å². The maximum absolute atomic E-state index is 13.2. The van der Waals surface area contributed by atoms with Gasteiger partial charge in [0.25, 0.3) is 0 Å². The summed E-state index contributed by atoms with van der Waals surface area (Å²) < 4.78 is 18.5. The van der Waals surface area contributed by atoms with E-state index >= 15 is 0 Å². The number of hydrogen-bond donors (Lipinski definition) is 0. The lowest BCUT2D eigenvalue weighted by molar-refractivity contribution is 0.0471. The van der Waals surface area contributed by atoms with Gasteiger partial charge in [0.2, 0.25) is 0 Å². The number of benzene rings is 2. The van der Waals surface area contributed by atoms with Crippen molar-refractivity contribution in [1.82, 2.24) is 4.90 Å². The van der Waals surface area contributed by atoms with Crippen LogP contribution in [0, 0.1) is 19.7 Å². The molecule has 0 fully saturated rings. The van der Waals surface area contributed by atoms with Gasteiger partial charge in [-0.2, -0.15) is 0 Å². The fourth-order valence-electron chi connectivity index (χ4n) is 2.26. The van der Waals surface area contributed by atoms with Crippen LogP contribution in [-0.4, -0.2) is 30.8 Å². The molecule has 0 saturated heterocycles. The molecule has 2 aromatic carbocycles. The van der Waals surface area contributed by atoms with E-state index in [1.165, 1.54) is 12.1 Å². The summed E-state index contributed by atoms with van der Waals surface area (Å²) >= 11 is 0. The second-order valence-electron chi connectivity index (χ2n) is 5.98. The van der Waals surface area contributed by atoms with Gasteiger partial charge in [-0.25, -0.2) is 14.2 Å². The first-order chi connectivity index (χ1) is 11.9. The van der Waals surface area contributed by atoms with Crippen molar-refractivity contribution in [2.75, 3.05) is 13.6 Å². The van der Waals surface area contributed by atoms with E-state index in [9.17, 15) is 9.18 Å². The average molecular weight is 342 g/mol. The van der Waals surface area contributed by atoms with E-state index in [-0.39, 0.29) is 12.4 Å². The van der Waals surface area contributed by atoms with E-state index in [4.69, 9.17) is 4.74 Å². The molecule has 0 aliphatic heterocycles. The van der Waals surface area contributed by atoms with Gasteiger partial charge in [0, 0.05) is 13.6 Å². The van der Waals surface area contributed by atoms with E-state index in [1.807, 2.05) is 38.8 Å². The summed E-state index contributed by atoms with van der Waals surface area (Å²) in [5, 5.41) is 0. The van der Waals surface area contributed by atoms with E-state index in [1.54, 1.807) is 24.5 Å². The Morgan fingerprint density at radius 1 is 1.24 bits per heavy atom. The van der Waals surface area contributed by atoms with Crippen LogP contribution in [0.3, 0.4) is 0 Å². The zero-order chi connectivity index (χ0) is 18.4. The number of hydrogen-bond acceptors (Lipinski definition) is 3. The van der Waals surface area contributed by atoms with Crippen LogP contribution in [0.15, 0.2) is 41.4 Å². The molecule has 0 radical (unpaired) electrons. The Balaban J connectivity index is 2.12. The van der Waals surface area contributed by atoms with Crippen LogP contribution in [0.4, 0.5) is 10.1 Å². The SMILES string of the molecule is CCN(C)/C=N/c1cc(C)c(C(=O)OCc2cccc(F)c2)cc1C. The van der Waals surface area contributed by atoms with Crippen molar-refractivity contribution >= 4 is 18.0 Å². The molecule has 0 bridgehead atoms. The van der Waals surface area contributed by atoms with Gasteiger partial charge >= 0.3 is 5.97 Å². The highest BCUT2D eigenvalue weighted by atomic mass is 19.1. The minimum absolute atomic E-state index is 0.0380. The molecule has 0 atom stereocenters. The Kier molecular flexibility index (Phi) is 6.28. The highest BCUT2D eigenvalue weighted by molar-refractivity contribution is 5.92. The number of rotatable bonds is 6. The molecule has 0 unspecified atom stereocenters. The summed E-state index contributed by atoms with van der Waals surface area (Å²) in [5.41, 5.74) is 3.62. The minimum atomic E-state index is -0.425. The average Bonchev–Trinajstić information content (AvgIpc) is 2.59. The lowest BCUT2D eigenvalue weighted by Gasteiger charge is -2.12. The Bertz CT molecular complexity index is 787. The van der Waals surface area contributed by atoms with Crippen molar-refractivity contribution in [3.05, 3.63) is 64.5 Å². The van der Waals surface area contributed by atoms with Crippen molar-refractivity contribution in [3.63, 3.8) is 0 Å². The smallest absolute Gasteiger partial charge is 0.338 e. The third-order valence-corrected chi connectivity index (χ3v) is 3.91. The van der Waals surface area contributed by atoms with Crippen molar-refractivity contribution in [1.29, 1.82) is 0 Å². The van der Waals surface area contributed by atoms with Gasteiger partial charge in [-0.05, 0) is 61.7 Å². The molecule has 0 amide bonds. The maximum atomic E-state index is 13.2. The Morgan fingerprint density at radius 3 is 2.68 bits per heavy atom. The number of nitrogens with zero attached hydrogens (tertiary/aromatic N) is 2.